The lowest BCUT2D eigenvalue weighted by molar-refractivity contribution is 0.892. The van der Waals surface area contributed by atoms with Gasteiger partial charge >= 0.3 is 0 Å². The van der Waals surface area contributed by atoms with Gasteiger partial charge in [0.15, 0.2) is 0 Å². The van der Waals surface area contributed by atoms with Crippen LogP contribution in [0.25, 0.3) is 0 Å². The molecule has 0 N–H and O–H groups in total. The highest BCUT2D eigenvalue weighted by molar-refractivity contribution is 7.97. The van der Waals surface area contributed by atoms with E-state index in [1.807, 2.05) is 6.08 Å². The first-order chi connectivity index (χ1) is 5.35. The van der Waals surface area contributed by atoms with Gasteiger partial charge in [-0.2, -0.15) is 0 Å². The Morgan fingerprint density at radius 3 is 2.64 bits per heavy atom. The SMILES string of the molecule is C=CC[S+](CCCl)CCCC. The lowest BCUT2D eigenvalue weighted by Crippen LogP contribution is -2.15. The highest BCUT2D eigenvalue weighted by Gasteiger charge is 2.13. The van der Waals surface area contributed by atoms with Crippen LogP contribution >= 0.6 is 11.6 Å². The van der Waals surface area contributed by atoms with E-state index in [9.17, 15) is 0 Å². The van der Waals surface area contributed by atoms with E-state index in [0.29, 0.717) is 10.9 Å². The van der Waals surface area contributed by atoms with Gasteiger partial charge in [-0.05, 0) is 23.4 Å². The largest absolute Gasteiger partial charge is 0.126 e. The van der Waals surface area contributed by atoms with Crippen LogP contribution in [0, 0.1) is 0 Å². The summed E-state index contributed by atoms with van der Waals surface area (Å²) in [6.07, 6.45) is 4.65. The number of rotatable bonds is 7. The fourth-order valence-corrected chi connectivity index (χ4v) is 3.33. The standard InChI is InChI=1S/C9H18ClS/c1-3-5-8-11(7-4-2)9-6-10/h4H,2-3,5-9H2,1H3/q+1. The molecule has 0 nitrogen and oxygen atoms in total. The fourth-order valence-electron chi connectivity index (χ4n) is 0.893. The normalized spacial score (nSPS) is 12.9. The zero-order valence-corrected chi connectivity index (χ0v) is 8.89. The molecule has 0 amide bonds. The number of hydrogen-bond acceptors (Lipinski definition) is 0. The highest BCUT2D eigenvalue weighted by Crippen LogP contribution is 2.03. The Hall–Kier alpha value is 0.380. The Kier molecular flexibility index (Phi) is 8.77. The van der Waals surface area contributed by atoms with E-state index in [2.05, 4.69) is 13.5 Å². The monoisotopic (exact) mass is 193 g/mol. The Morgan fingerprint density at radius 1 is 1.45 bits per heavy atom. The molecule has 0 spiro atoms. The van der Waals surface area contributed by atoms with Crippen molar-refractivity contribution in [1.82, 2.24) is 0 Å². The third kappa shape index (κ3) is 6.77. The third-order valence-corrected chi connectivity index (χ3v) is 4.27. The summed E-state index contributed by atoms with van der Waals surface area (Å²) in [7, 11) is 0.526. The van der Waals surface area contributed by atoms with Crippen molar-refractivity contribution in [2.24, 2.45) is 0 Å². The zero-order chi connectivity index (χ0) is 8.53. The highest BCUT2D eigenvalue weighted by atomic mass is 35.5. The van der Waals surface area contributed by atoms with Crippen LogP contribution in [0.3, 0.4) is 0 Å². The van der Waals surface area contributed by atoms with Crippen molar-refractivity contribution in [3.05, 3.63) is 12.7 Å². The van der Waals surface area contributed by atoms with Gasteiger partial charge in [-0.3, -0.25) is 0 Å². The van der Waals surface area contributed by atoms with Gasteiger partial charge in [0.2, 0.25) is 0 Å². The molecule has 0 fully saturated rings. The Bertz CT molecular complexity index is 93.6. The van der Waals surface area contributed by atoms with Crippen molar-refractivity contribution in [3.8, 4) is 0 Å². The van der Waals surface area contributed by atoms with E-state index in [1.54, 1.807) is 0 Å². The maximum absolute atomic E-state index is 5.68. The average Bonchev–Trinajstić information content (AvgIpc) is 2.01. The topological polar surface area (TPSA) is 0 Å². The molecule has 2 heteroatoms. The molecule has 0 aromatic heterocycles. The molecule has 0 saturated carbocycles. The Morgan fingerprint density at radius 2 is 2.18 bits per heavy atom. The summed E-state index contributed by atoms with van der Waals surface area (Å²) in [5.74, 6) is 4.48. The van der Waals surface area contributed by atoms with Gasteiger partial charge < -0.3 is 0 Å². The fraction of sp³-hybridized carbons (Fsp3) is 0.778. The summed E-state index contributed by atoms with van der Waals surface area (Å²) in [5, 5.41) is 0. The minimum Gasteiger partial charge on any atom is -0.122 e. The van der Waals surface area contributed by atoms with Crippen LogP contribution < -0.4 is 0 Å². The van der Waals surface area contributed by atoms with Crippen LogP contribution in [0.5, 0.6) is 0 Å². The maximum Gasteiger partial charge on any atom is 0.126 e. The molecule has 0 radical (unpaired) electrons. The summed E-state index contributed by atoms with van der Waals surface area (Å²) in [5.41, 5.74) is 0. The molecule has 0 aromatic rings. The number of halogens is 1. The molecule has 11 heavy (non-hydrogen) atoms. The maximum atomic E-state index is 5.68. The summed E-state index contributed by atoms with van der Waals surface area (Å²) in [4.78, 5) is 0. The van der Waals surface area contributed by atoms with Crippen LogP contribution in [0.15, 0.2) is 12.7 Å². The lowest BCUT2D eigenvalue weighted by Gasteiger charge is -2.03. The minimum atomic E-state index is 0.526. The van der Waals surface area contributed by atoms with E-state index in [0.717, 1.165) is 11.6 Å². The molecular formula is C9H18ClS+. The molecule has 1 atom stereocenters. The van der Waals surface area contributed by atoms with Gasteiger partial charge in [-0.15, -0.1) is 11.6 Å². The Balaban J connectivity index is 3.41. The summed E-state index contributed by atoms with van der Waals surface area (Å²) >= 11 is 5.68. The molecule has 0 aliphatic heterocycles. The molecule has 66 valence electrons. The predicted octanol–water partition coefficient (Wildman–Crippen LogP) is 2.83. The first kappa shape index (κ1) is 11.4. The van der Waals surface area contributed by atoms with Gasteiger partial charge in [-0.25, -0.2) is 0 Å². The van der Waals surface area contributed by atoms with Crippen molar-refractivity contribution in [3.63, 3.8) is 0 Å². The van der Waals surface area contributed by atoms with Crippen molar-refractivity contribution in [1.29, 1.82) is 0 Å². The molecule has 0 heterocycles. The van der Waals surface area contributed by atoms with Crippen molar-refractivity contribution >= 4 is 22.5 Å². The molecule has 0 aliphatic carbocycles. The number of alkyl halides is 1. The third-order valence-electron chi connectivity index (χ3n) is 1.51. The van der Waals surface area contributed by atoms with Crippen molar-refractivity contribution in [2.45, 2.75) is 19.8 Å². The van der Waals surface area contributed by atoms with Gasteiger partial charge in [0.05, 0.1) is 5.88 Å². The molecular weight excluding hydrogens is 176 g/mol. The van der Waals surface area contributed by atoms with E-state index >= 15 is 0 Å². The van der Waals surface area contributed by atoms with E-state index in [-0.39, 0.29) is 0 Å². The van der Waals surface area contributed by atoms with Crippen LogP contribution in [-0.4, -0.2) is 23.1 Å². The van der Waals surface area contributed by atoms with Gasteiger partial charge in [0.1, 0.15) is 17.3 Å². The van der Waals surface area contributed by atoms with Crippen LogP contribution in [0.4, 0.5) is 0 Å². The molecule has 0 aromatic carbocycles. The van der Waals surface area contributed by atoms with E-state index in [1.165, 1.54) is 24.3 Å². The number of hydrogen-bond donors (Lipinski definition) is 0. The molecule has 0 rings (SSSR count). The second-order valence-corrected chi connectivity index (χ2v) is 5.27. The van der Waals surface area contributed by atoms with Crippen LogP contribution in [0.1, 0.15) is 19.8 Å². The zero-order valence-electron chi connectivity index (χ0n) is 7.31. The molecule has 0 saturated heterocycles. The Labute approximate surface area is 78.4 Å². The minimum absolute atomic E-state index is 0.526. The van der Waals surface area contributed by atoms with Crippen molar-refractivity contribution in [2.75, 3.05) is 23.1 Å². The smallest absolute Gasteiger partial charge is 0.122 e. The van der Waals surface area contributed by atoms with Crippen molar-refractivity contribution < 1.29 is 0 Å². The second-order valence-electron chi connectivity index (χ2n) is 2.52. The van der Waals surface area contributed by atoms with Gasteiger partial charge in [0.25, 0.3) is 0 Å². The molecule has 1 unspecified atom stereocenters. The quantitative estimate of drug-likeness (QED) is 0.332. The van der Waals surface area contributed by atoms with Crippen LogP contribution in [-0.2, 0) is 10.9 Å². The first-order valence-corrected chi connectivity index (χ1v) is 6.42. The van der Waals surface area contributed by atoms with Gasteiger partial charge in [-0.1, -0.05) is 19.9 Å². The second kappa shape index (κ2) is 8.48. The molecule has 0 bridgehead atoms. The predicted molar refractivity (Wildman–Crippen MR) is 57.8 cm³/mol. The van der Waals surface area contributed by atoms with Gasteiger partial charge in [0, 0.05) is 0 Å². The van der Waals surface area contributed by atoms with Crippen LogP contribution in [0.2, 0.25) is 0 Å². The summed E-state index contributed by atoms with van der Waals surface area (Å²) < 4.78 is 0. The average molecular weight is 194 g/mol. The number of unbranched alkanes of at least 4 members (excludes halogenated alkanes) is 1. The van der Waals surface area contributed by atoms with E-state index in [4.69, 9.17) is 11.6 Å². The van der Waals surface area contributed by atoms with E-state index < -0.39 is 0 Å². The first-order valence-electron chi connectivity index (χ1n) is 4.16. The summed E-state index contributed by atoms with van der Waals surface area (Å²) in [6, 6.07) is 0. The lowest BCUT2D eigenvalue weighted by atomic mass is 10.4. The molecule has 0 aliphatic rings. The summed E-state index contributed by atoms with van der Waals surface area (Å²) in [6.45, 7) is 5.99.